The SMILES string of the molecule is CN1CCN(c2nc(NC3=NCC(c4ccco4)=C3)nc(SCc3ccccc3)n2)CC1. The Morgan fingerprint density at radius 1 is 1.00 bits per heavy atom. The normalized spacial score (nSPS) is 16.7. The monoisotopic (exact) mass is 447 g/mol. The molecule has 2 aliphatic rings. The second kappa shape index (κ2) is 9.54. The molecule has 0 unspecified atom stereocenters. The van der Waals surface area contributed by atoms with Gasteiger partial charge < -0.3 is 19.5 Å². The third-order valence-electron chi connectivity index (χ3n) is 5.41. The lowest BCUT2D eigenvalue weighted by Crippen LogP contribution is -2.45. The zero-order chi connectivity index (χ0) is 21.8. The van der Waals surface area contributed by atoms with E-state index in [2.05, 4.69) is 44.3 Å². The number of nitrogens with one attached hydrogen (secondary N) is 1. The van der Waals surface area contributed by atoms with Crippen LogP contribution < -0.4 is 10.2 Å². The molecule has 0 radical (unpaired) electrons. The molecule has 1 N–H and O–H groups in total. The molecule has 1 saturated heterocycles. The maximum absolute atomic E-state index is 5.49. The fourth-order valence-corrected chi connectivity index (χ4v) is 4.35. The standard InChI is InChI=1S/C23H25N7OS/c1-29-9-11-30(12-10-29)22-26-21(25-20-14-18(15-24-20)19-8-5-13-31-19)27-23(28-22)32-16-17-6-3-2-4-7-17/h2-8,13-14H,9-12,15-16H2,1H3,(H,24,25,26,27,28). The average molecular weight is 448 g/mol. The highest BCUT2D eigenvalue weighted by molar-refractivity contribution is 7.98. The van der Waals surface area contributed by atoms with Gasteiger partial charge in [-0.05, 0) is 30.8 Å². The van der Waals surface area contributed by atoms with E-state index in [-0.39, 0.29) is 0 Å². The molecule has 4 heterocycles. The largest absolute Gasteiger partial charge is 0.465 e. The molecule has 0 amide bonds. The van der Waals surface area contributed by atoms with Crippen molar-refractivity contribution in [2.45, 2.75) is 10.9 Å². The van der Waals surface area contributed by atoms with Crippen LogP contribution in [-0.2, 0) is 5.75 Å². The molecule has 164 valence electrons. The van der Waals surface area contributed by atoms with Crippen molar-refractivity contribution in [3.05, 3.63) is 66.1 Å². The number of aliphatic imine (C=N–C) groups is 1. The highest BCUT2D eigenvalue weighted by atomic mass is 32.2. The van der Waals surface area contributed by atoms with Gasteiger partial charge >= 0.3 is 0 Å². The minimum absolute atomic E-state index is 0.514. The number of likely N-dealkylation sites (N-methyl/N-ethyl adjacent to an activating group) is 1. The summed E-state index contributed by atoms with van der Waals surface area (Å²) in [7, 11) is 2.14. The first kappa shape index (κ1) is 20.7. The molecular formula is C23H25N7OS. The third kappa shape index (κ3) is 5.00. The number of piperazine rings is 1. The molecule has 1 fully saturated rings. The highest BCUT2D eigenvalue weighted by Gasteiger charge is 2.20. The lowest BCUT2D eigenvalue weighted by molar-refractivity contribution is 0.311. The molecule has 0 atom stereocenters. The Morgan fingerprint density at radius 3 is 2.62 bits per heavy atom. The van der Waals surface area contributed by atoms with Crippen molar-refractivity contribution in [1.82, 2.24) is 19.9 Å². The van der Waals surface area contributed by atoms with Crippen molar-refractivity contribution < 1.29 is 4.42 Å². The third-order valence-corrected chi connectivity index (χ3v) is 6.33. The van der Waals surface area contributed by atoms with Gasteiger partial charge in [0.1, 0.15) is 11.6 Å². The predicted octanol–water partition coefficient (Wildman–Crippen LogP) is 3.42. The summed E-state index contributed by atoms with van der Waals surface area (Å²) < 4.78 is 5.49. The lowest BCUT2D eigenvalue weighted by Gasteiger charge is -2.32. The van der Waals surface area contributed by atoms with Crippen molar-refractivity contribution in [3.63, 3.8) is 0 Å². The van der Waals surface area contributed by atoms with Crippen molar-refractivity contribution in [1.29, 1.82) is 0 Å². The summed E-state index contributed by atoms with van der Waals surface area (Å²) in [5.41, 5.74) is 2.27. The first-order chi connectivity index (χ1) is 15.7. The Balaban J connectivity index is 1.36. The van der Waals surface area contributed by atoms with Gasteiger partial charge in [0.25, 0.3) is 0 Å². The van der Waals surface area contributed by atoms with Gasteiger partial charge in [0.05, 0.1) is 12.8 Å². The van der Waals surface area contributed by atoms with E-state index in [1.54, 1.807) is 18.0 Å². The smallest absolute Gasteiger partial charge is 0.234 e. The van der Waals surface area contributed by atoms with E-state index in [4.69, 9.17) is 14.4 Å². The minimum atomic E-state index is 0.514. The van der Waals surface area contributed by atoms with E-state index in [1.807, 2.05) is 36.4 Å². The molecule has 2 aliphatic heterocycles. The van der Waals surface area contributed by atoms with Gasteiger partial charge in [-0.25, -0.2) is 0 Å². The van der Waals surface area contributed by atoms with Gasteiger partial charge in [0, 0.05) is 37.5 Å². The van der Waals surface area contributed by atoms with Crippen LogP contribution in [0, 0.1) is 0 Å². The van der Waals surface area contributed by atoms with Crippen LogP contribution in [0.25, 0.3) is 5.57 Å². The number of furan rings is 1. The molecule has 0 aliphatic carbocycles. The van der Waals surface area contributed by atoms with Crippen molar-refractivity contribution in [3.8, 4) is 0 Å². The lowest BCUT2D eigenvalue weighted by atomic mass is 10.2. The molecule has 9 heteroatoms. The molecular weight excluding hydrogens is 422 g/mol. The van der Waals surface area contributed by atoms with Crippen LogP contribution in [0.4, 0.5) is 11.9 Å². The maximum Gasteiger partial charge on any atom is 0.234 e. The Kier molecular flexibility index (Phi) is 6.17. The van der Waals surface area contributed by atoms with E-state index in [1.165, 1.54) is 5.56 Å². The number of aromatic nitrogens is 3. The Labute approximate surface area is 191 Å². The maximum atomic E-state index is 5.49. The second-order valence-corrected chi connectivity index (χ2v) is 8.72. The predicted molar refractivity (Wildman–Crippen MR) is 128 cm³/mol. The number of rotatable bonds is 6. The first-order valence-electron chi connectivity index (χ1n) is 10.7. The van der Waals surface area contributed by atoms with E-state index in [0.29, 0.717) is 23.6 Å². The van der Waals surface area contributed by atoms with E-state index >= 15 is 0 Å². The van der Waals surface area contributed by atoms with E-state index in [0.717, 1.165) is 49.1 Å². The fourth-order valence-electron chi connectivity index (χ4n) is 3.56. The molecule has 0 spiro atoms. The second-order valence-electron chi connectivity index (χ2n) is 7.78. The molecule has 8 nitrogen and oxygen atoms in total. The van der Waals surface area contributed by atoms with Crippen LogP contribution in [0.5, 0.6) is 0 Å². The van der Waals surface area contributed by atoms with Crippen LogP contribution >= 0.6 is 11.8 Å². The number of thioether (sulfide) groups is 1. The van der Waals surface area contributed by atoms with Crippen molar-refractivity contribution in [2.24, 2.45) is 4.99 Å². The first-order valence-corrected chi connectivity index (χ1v) is 11.6. The van der Waals surface area contributed by atoms with Gasteiger partial charge in [0.2, 0.25) is 11.9 Å². The van der Waals surface area contributed by atoms with Crippen LogP contribution in [-0.4, -0.2) is 65.5 Å². The number of benzene rings is 1. The molecule has 0 saturated carbocycles. The van der Waals surface area contributed by atoms with Gasteiger partial charge in [0.15, 0.2) is 5.16 Å². The molecule has 1 aromatic carbocycles. The number of hydrogen-bond donors (Lipinski definition) is 1. The molecule has 3 aromatic rings. The van der Waals surface area contributed by atoms with Gasteiger partial charge in [-0.3, -0.25) is 4.99 Å². The number of anilines is 2. The Hall–Kier alpha value is -3.17. The molecule has 32 heavy (non-hydrogen) atoms. The van der Waals surface area contributed by atoms with Crippen LogP contribution in [0.1, 0.15) is 11.3 Å². The van der Waals surface area contributed by atoms with Crippen molar-refractivity contribution >= 4 is 35.1 Å². The summed E-state index contributed by atoms with van der Waals surface area (Å²) in [5.74, 6) is 3.58. The fraction of sp³-hybridized carbons (Fsp3) is 0.304. The summed E-state index contributed by atoms with van der Waals surface area (Å²) in [6, 6.07) is 14.2. The Bertz CT molecular complexity index is 1110. The minimum Gasteiger partial charge on any atom is -0.465 e. The molecule has 2 aromatic heterocycles. The average Bonchev–Trinajstić information content (AvgIpc) is 3.51. The number of nitrogens with zero attached hydrogens (tertiary/aromatic N) is 6. The summed E-state index contributed by atoms with van der Waals surface area (Å²) in [4.78, 5) is 23.3. The Morgan fingerprint density at radius 2 is 1.84 bits per heavy atom. The highest BCUT2D eigenvalue weighted by Crippen LogP contribution is 2.24. The van der Waals surface area contributed by atoms with Crippen LogP contribution in [0.2, 0.25) is 0 Å². The van der Waals surface area contributed by atoms with Gasteiger partial charge in [-0.2, -0.15) is 15.0 Å². The summed E-state index contributed by atoms with van der Waals surface area (Å²) >= 11 is 1.61. The van der Waals surface area contributed by atoms with Crippen molar-refractivity contribution in [2.75, 3.05) is 50.0 Å². The van der Waals surface area contributed by atoms with E-state index < -0.39 is 0 Å². The van der Waals surface area contributed by atoms with Gasteiger partial charge in [-0.1, -0.05) is 42.1 Å². The quantitative estimate of drug-likeness (QED) is 0.576. The van der Waals surface area contributed by atoms with Gasteiger partial charge in [-0.15, -0.1) is 0 Å². The summed E-state index contributed by atoms with van der Waals surface area (Å²) in [6.07, 6.45) is 3.65. The zero-order valence-electron chi connectivity index (χ0n) is 17.9. The summed E-state index contributed by atoms with van der Waals surface area (Å²) in [5, 5.41) is 3.98. The topological polar surface area (TPSA) is 82.7 Å². The molecule has 0 bridgehead atoms. The number of hydrogen-bond acceptors (Lipinski definition) is 9. The summed E-state index contributed by atoms with van der Waals surface area (Å²) in [6.45, 7) is 4.34. The number of amidine groups is 1. The van der Waals surface area contributed by atoms with Crippen LogP contribution in [0.3, 0.4) is 0 Å². The van der Waals surface area contributed by atoms with E-state index in [9.17, 15) is 0 Å². The van der Waals surface area contributed by atoms with Crippen LogP contribution in [0.15, 0.2) is 69.4 Å². The zero-order valence-corrected chi connectivity index (χ0v) is 18.8. The molecule has 5 rings (SSSR count).